The molecule has 160 valence electrons. The van der Waals surface area contributed by atoms with Gasteiger partial charge in [0.1, 0.15) is 5.75 Å². The molecule has 3 rings (SSSR count). The molecule has 2 aromatic rings. The van der Waals surface area contributed by atoms with Crippen molar-refractivity contribution in [1.29, 1.82) is 0 Å². The molecule has 1 aliphatic rings. The first-order valence-electron chi connectivity index (χ1n) is 9.72. The number of para-hydroxylation sites is 2. The summed E-state index contributed by atoms with van der Waals surface area (Å²) >= 11 is 0. The quantitative estimate of drug-likeness (QED) is 0.756. The summed E-state index contributed by atoms with van der Waals surface area (Å²) < 4.78 is 32.9. The largest absolute Gasteiger partial charge is 0.492 e. The molecule has 1 fully saturated rings. The van der Waals surface area contributed by atoms with Gasteiger partial charge < -0.3 is 15.0 Å². The number of ether oxygens (including phenoxy) is 1. The summed E-state index contributed by atoms with van der Waals surface area (Å²) in [4.78, 5) is 25.9. The van der Waals surface area contributed by atoms with Crippen LogP contribution in [0.5, 0.6) is 5.75 Å². The summed E-state index contributed by atoms with van der Waals surface area (Å²) in [5.41, 5.74) is 0.739. The number of nitrogens with one attached hydrogen (secondary N) is 1. The van der Waals surface area contributed by atoms with Gasteiger partial charge in [0.2, 0.25) is 15.9 Å². The predicted octanol–water partition coefficient (Wildman–Crippen LogP) is 2.19. The fraction of sp³-hybridized carbons (Fsp3) is 0.333. The Hall–Kier alpha value is -2.91. The van der Waals surface area contributed by atoms with Gasteiger partial charge >= 0.3 is 0 Å². The summed E-state index contributed by atoms with van der Waals surface area (Å²) in [6, 6.07) is 13.0. The van der Waals surface area contributed by atoms with Crippen molar-refractivity contribution in [1.82, 2.24) is 9.21 Å². The summed E-state index contributed by atoms with van der Waals surface area (Å²) in [5, 5.41) is 2.77. The van der Waals surface area contributed by atoms with Gasteiger partial charge in [0.25, 0.3) is 5.91 Å². The van der Waals surface area contributed by atoms with Crippen LogP contribution in [0.3, 0.4) is 0 Å². The molecule has 0 aliphatic carbocycles. The number of rotatable bonds is 6. The van der Waals surface area contributed by atoms with E-state index in [1.54, 1.807) is 41.3 Å². The summed E-state index contributed by atoms with van der Waals surface area (Å²) in [6.07, 6.45) is 0. The Bertz CT molecular complexity index is 1030. The van der Waals surface area contributed by atoms with Gasteiger partial charge in [-0.3, -0.25) is 9.59 Å². The van der Waals surface area contributed by atoms with Crippen molar-refractivity contribution < 1.29 is 22.7 Å². The molecule has 0 saturated carbocycles. The molecule has 9 heteroatoms. The second-order valence-electron chi connectivity index (χ2n) is 6.82. The minimum absolute atomic E-state index is 0.0459. The Balaban J connectivity index is 1.77. The molecule has 2 aromatic carbocycles. The Morgan fingerprint density at radius 2 is 1.73 bits per heavy atom. The third-order valence-electron chi connectivity index (χ3n) is 4.85. The SMILES string of the molecule is CCOc1ccccc1NC(=O)c1cccc(S(=O)(=O)N2CCN(C(C)=O)CC2)c1. The number of amides is 2. The number of benzene rings is 2. The van der Waals surface area contributed by atoms with Gasteiger partial charge in [0.15, 0.2) is 0 Å². The number of piperazine rings is 1. The van der Waals surface area contributed by atoms with Crippen LogP contribution in [0.4, 0.5) is 5.69 Å². The maximum atomic E-state index is 13.0. The molecular formula is C21H25N3O5S. The van der Waals surface area contributed by atoms with Crippen LogP contribution in [0.2, 0.25) is 0 Å². The molecule has 1 heterocycles. The van der Waals surface area contributed by atoms with E-state index in [2.05, 4.69) is 5.32 Å². The van der Waals surface area contributed by atoms with Crippen LogP contribution in [0, 0.1) is 0 Å². The average molecular weight is 432 g/mol. The smallest absolute Gasteiger partial charge is 0.255 e. The third-order valence-corrected chi connectivity index (χ3v) is 6.75. The van der Waals surface area contributed by atoms with Gasteiger partial charge in [0, 0.05) is 38.7 Å². The fourth-order valence-electron chi connectivity index (χ4n) is 3.24. The molecule has 0 unspecified atom stereocenters. The lowest BCUT2D eigenvalue weighted by molar-refractivity contribution is -0.129. The van der Waals surface area contributed by atoms with Crippen molar-refractivity contribution in [2.75, 3.05) is 38.1 Å². The molecule has 30 heavy (non-hydrogen) atoms. The Morgan fingerprint density at radius 1 is 1.03 bits per heavy atom. The van der Waals surface area contributed by atoms with Crippen molar-refractivity contribution in [2.24, 2.45) is 0 Å². The van der Waals surface area contributed by atoms with Gasteiger partial charge in [-0.05, 0) is 37.3 Å². The predicted molar refractivity (Wildman–Crippen MR) is 113 cm³/mol. The normalized spacial score (nSPS) is 14.9. The van der Waals surface area contributed by atoms with Crippen LogP contribution in [0.1, 0.15) is 24.2 Å². The molecule has 0 bridgehead atoms. The van der Waals surface area contributed by atoms with E-state index >= 15 is 0 Å². The summed E-state index contributed by atoms with van der Waals surface area (Å²) in [6.45, 7) is 4.92. The molecule has 8 nitrogen and oxygen atoms in total. The first kappa shape index (κ1) is 21.8. The monoisotopic (exact) mass is 431 g/mol. The lowest BCUT2D eigenvalue weighted by Gasteiger charge is -2.33. The standard InChI is InChI=1S/C21H25N3O5S/c1-3-29-20-10-5-4-9-19(20)22-21(26)17-7-6-8-18(15-17)30(27,28)24-13-11-23(12-14-24)16(2)25/h4-10,15H,3,11-14H2,1-2H3,(H,22,26). The van der Waals surface area contributed by atoms with E-state index in [9.17, 15) is 18.0 Å². The zero-order valence-electron chi connectivity index (χ0n) is 17.0. The van der Waals surface area contributed by atoms with Crippen molar-refractivity contribution in [3.8, 4) is 5.75 Å². The van der Waals surface area contributed by atoms with E-state index in [1.807, 2.05) is 6.92 Å². The number of sulfonamides is 1. The number of hydrogen-bond donors (Lipinski definition) is 1. The minimum atomic E-state index is -3.77. The number of anilines is 1. The second-order valence-corrected chi connectivity index (χ2v) is 8.76. The first-order chi connectivity index (χ1) is 14.3. The maximum Gasteiger partial charge on any atom is 0.255 e. The fourth-order valence-corrected chi connectivity index (χ4v) is 4.70. The lowest BCUT2D eigenvalue weighted by atomic mass is 10.2. The molecule has 1 N–H and O–H groups in total. The highest BCUT2D eigenvalue weighted by molar-refractivity contribution is 7.89. The van der Waals surface area contributed by atoms with E-state index in [4.69, 9.17) is 4.74 Å². The zero-order chi connectivity index (χ0) is 21.7. The van der Waals surface area contributed by atoms with Crippen molar-refractivity contribution in [2.45, 2.75) is 18.7 Å². The maximum absolute atomic E-state index is 13.0. The average Bonchev–Trinajstić information content (AvgIpc) is 2.75. The van der Waals surface area contributed by atoms with Gasteiger partial charge in [0.05, 0.1) is 17.2 Å². The molecule has 0 atom stereocenters. The van der Waals surface area contributed by atoms with Gasteiger partial charge in [-0.2, -0.15) is 4.31 Å². The lowest BCUT2D eigenvalue weighted by Crippen LogP contribution is -2.49. The summed E-state index contributed by atoms with van der Waals surface area (Å²) in [7, 11) is -3.77. The molecule has 0 aromatic heterocycles. The number of hydrogen-bond acceptors (Lipinski definition) is 5. The van der Waals surface area contributed by atoms with Crippen molar-refractivity contribution >= 4 is 27.5 Å². The highest BCUT2D eigenvalue weighted by atomic mass is 32.2. The number of carbonyl (C=O) groups is 2. The van der Waals surface area contributed by atoms with E-state index in [0.717, 1.165) is 0 Å². The summed E-state index contributed by atoms with van der Waals surface area (Å²) in [5.74, 6) is 0.0409. The van der Waals surface area contributed by atoms with Crippen molar-refractivity contribution in [3.63, 3.8) is 0 Å². The molecule has 0 spiro atoms. The topological polar surface area (TPSA) is 96.0 Å². The number of carbonyl (C=O) groups excluding carboxylic acids is 2. The third kappa shape index (κ3) is 4.80. The van der Waals surface area contributed by atoms with Gasteiger partial charge in [-0.1, -0.05) is 18.2 Å². The van der Waals surface area contributed by atoms with Crippen LogP contribution < -0.4 is 10.1 Å². The second kappa shape index (κ2) is 9.27. The van der Waals surface area contributed by atoms with Crippen LogP contribution in [0.25, 0.3) is 0 Å². The molecule has 0 radical (unpaired) electrons. The zero-order valence-corrected chi connectivity index (χ0v) is 17.8. The van der Waals surface area contributed by atoms with E-state index in [0.29, 0.717) is 31.1 Å². The van der Waals surface area contributed by atoms with Gasteiger partial charge in [-0.15, -0.1) is 0 Å². The van der Waals surface area contributed by atoms with E-state index in [1.165, 1.54) is 23.4 Å². The van der Waals surface area contributed by atoms with E-state index in [-0.39, 0.29) is 29.5 Å². The van der Waals surface area contributed by atoms with Crippen LogP contribution in [-0.2, 0) is 14.8 Å². The first-order valence-corrected chi connectivity index (χ1v) is 11.2. The minimum Gasteiger partial charge on any atom is -0.492 e. The highest BCUT2D eigenvalue weighted by Crippen LogP contribution is 2.25. The van der Waals surface area contributed by atoms with E-state index < -0.39 is 15.9 Å². The Morgan fingerprint density at radius 3 is 2.40 bits per heavy atom. The van der Waals surface area contributed by atoms with Crippen LogP contribution in [0.15, 0.2) is 53.4 Å². The molecular weight excluding hydrogens is 406 g/mol. The molecule has 1 saturated heterocycles. The van der Waals surface area contributed by atoms with Gasteiger partial charge in [-0.25, -0.2) is 8.42 Å². The van der Waals surface area contributed by atoms with Crippen LogP contribution >= 0.6 is 0 Å². The Labute approximate surface area is 176 Å². The highest BCUT2D eigenvalue weighted by Gasteiger charge is 2.29. The Kier molecular flexibility index (Phi) is 6.73. The van der Waals surface area contributed by atoms with Crippen LogP contribution in [-0.4, -0.2) is 62.2 Å². The molecule has 1 aliphatic heterocycles. The number of nitrogens with zero attached hydrogens (tertiary/aromatic N) is 2. The van der Waals surface area contributed by atoms with Crippen molar-refractivity contribution in [3.05, 3.63) is 54.1 Å². The molecule has 2 amide bonds.